The van der Waals surface area contributed by atoms with Gasteiger partial charge in [-0.25, -0.2) is 15.0 Å². The maximum Gasteiger partial charge on any atom is 0.169 e. The van der Waals surface area contributed by atoms with Crippen molar-refractivity contribution in [2.24, 2.45) is 0 Å². The summed E-state index contributed by atoms with van der Waals surface area (Å²) in [7, 11) is 0. The second-order valence-corrected chi connectivity index (χ2v) is 16.9. The van der Waals surface area contributed by atoms with E-state index in [1.54, 1.807) is 0 Å². The number of nitrogens with zero attached hydrogens (tertiary/aromatic N) is 8. The zero-order valence-corrected chi connectivity index (χ0v) is 36.3. The van der Waals surface area contributed by atoms with Crippen LogP contribution in [0.5, 0.6) is 0 Å². The van der Waals surface area contributed by atoms with E-state index >= 15 is 0 Å². The summed E-state index contributed by atoms with van der Waals surface area (Å²) in [5.41, 5.74) is 13.8. The summed E-state index contributed by atoms with van der Waals surface area (Å²) >= 11 is 0. The van der Waals surface area contributed by atoms with E-state index in [2.05, 4.69) is 171 Å². The highest BCUT2D eigenvalue weighted by atomic mass is 15.3. The summed E-state index contributed by atoms with van der Waals surface area (Å²) in [5.74, 6) is 3.44. The van der Waals surface area contributed by atoms with Crippen LogP contribution in [0.2, 0.25) is 0 Å². The van der Waals surface area contributed by atoms with E-state index in [4.69, 9.17) is 25.1 Å². The average molecular weight is 861 g/mol. The van der Waals surface area contributed by atoms with E-state index in [-0.39, 0.29) is 0 Å². The SMILES string of the molecule is C1=Cc2c(c3c(-c4nnc(-c5ccc6c(c5)c5ccccc5n6-c5ccccc5)n4-c4ccccc4)cccc3n2-c2cccc(-c3nc(-c4ccccc4)nc(-c4ccccc4)n3)c2)CC1. The fourth-order valence-corrected chi connectivity index (χ4v) is 9.91. The van der Waals surface area contributed by atoms with Crippen LogP contribution in [0.15, 0.2) is 212 Å². The van der Waals surface area contributed by atoms with E-state index in [0.29, 0.717) is 17.5 Å². The molecule has 8 aromatic carbocycles. The van der Waals surface area contributed by atoms with Gasteiger partial charge in [-0.3, -0.25) is 4.57 Å². The molecular formula is C59H40N8. The van der Waals surface area contributed by atoms with E-state index in [0.717, 1.165) is 97.0 Å². The Kier molecular flexibility index (Phi) is 9.13. The van der Waals surface area contributed by atoms with Crippen LogP contribution < -0.4 is 0 Å². The third-order valence-corrected chi connectivity index (χ3v) is 12.9. The highest BCUT2D eigenvalue weighted by molar-refractivity contribution is 6.10. The Morgan fingerprint density at radius 2 is 0.925 bits per heavy atom. The van der Waals surface area contributed by atoms with Gasteiger partial charge in [0.05, 0.1) is 16.6 Å². The molecule has 12 aromatic rings. The van der Waals surface area contributed by atoms with Crippen molar-refractivity contribution in [1.82, 2.24) is 38.9 Å². The molecule has 0 radical (unpaired) electrons. The number of hydrogen-bond acceptors (Lipinski definition) is 5. The second kappa shape index (κ2) is 15.9. The van der Waals surface area contributed by atoms with E-state index in [9.17, 15) is 0 Å². The summed E-state index contributed by atoms with van der Waals surface area (Å²) in [6.45, 7) is 0. The van der Waals surface area contributed by atoms with Crippen LogP contribution in [0, 0.1) is 0 Å². The molecule has 67 heavy (non-hydrogen) atoms. The zero-order valence-electron chi connectivity index (χ0n) is 36.3. The van der Waals surface area contributed by atoms with Gasteiger partial charge >= 0.3 is 0 Å². The van der Waals surface area contributed by atoms with Gasteiger partial charge in [-0.1, -0.05) is 146 Å². The molecule has 4 aromatic heterocycles. The van der Waals surface area contributed by atoms with Gasteiger partial charge in [0.2, 0.25) is 0 Å². The fraction of sp³-hybridized carbons (Fsp3) is 0.0339. The maximum atomic E-state index is 5.09. The highest BCUT2D eigenvalue weighted by Crippen LogP contribution is 2.42. The maximum absolute atomic E-state index is 5.09. The minimum atomic E-state index is 0.613. The lowest BCUT2D eigenvalue weighted by Crippen LogP contribution is -2.02. The molecule has 0 amide bonds. The monoisotopic (exact) mass is 860 g/mol. The standard InChI is InChI=1S/C59H40N8/c1-5-19-39(20-6-1)55-60-56(40-21-7-2-8-22-40)62-57(61-55)41-23-17-28-45(37-41)66-51-33-16-14-30-47(51)54-48(31-18-34-53(54)66)59-64-63-58(67(59)44-26-11-4-12-27-44)42-35-36-52-49(38-42)46-29-13-15-32-50(46)65(52)43-24-9-3-10-25-43/h1-13,15-29,31-38H,14,30H2. The number of para-hydroxylation sites is 3. The van der Waals surface area contributed by atoms with Crippen molar-refractivity contribution in [1.29, 1.82) is 0 Å². The number of hydrogen-bond donors (Lipinski definition) is 0. The van der Waals surface area contributed by atoms with Crippen LogP contribution >= 0.6 is 0 Å². The van der Waals surface area contributed by atoms with Crippen molar-refractivity contribution in [3.05, 3.63) is 224 Å². The molecule has 0 atom stereocenters. The number of allylic oxidation sites excluding steroid dienone is 1. The Bertz CT molecular complexity index is 3790. The molecule has 0 saturated heterocycles. The van der Waals surface area contributed by atoms with Crippen molar-refractivity contribution in [2.75, 3.05) is 0 Å². The van der Waals surface area contributed by atoms with Crippen LogP contribution in [-0.4, -0.2) is 38.9 Å². The van der Waals surface area contributed by atoms with Crippen molar-refractivity contribution >= 4 is 38.8 Å². The first kappa shape index (κ1) is 38.4. The molecule has 4 heterocycles. The van der Waals surface area contributed by atoms with Gasteiger partial charge in [0.15, 0.2) is 29.1 Å². The smallest absolute Gasteiger partial charge is 0.169 e. The van der Waals surface area contributed by atoms with Crippen molar-refractivity contribution in [3.63, 3.8) is 0 Å². The summed E-state index contributed by atoms with van der Waals surface area (Å²) in [5, 5.41) is 13.7. The lowest BCUT2D eigenvalue weighted by atomic mass is 9.97. The Hall–Kier alpha value is -9.01. The number of aryl methyl sites for hydroxylation is 1. The van der Waals surface area contributed by atoms with Gasteiger partial charge in [-0.05, 0) is 91.2 Å². The topological polar surface area (TPSA) is 79.2 Å². The van der Waals surface area contributed by atoms with Gasteiger partial charge in [0, 0.05) is 66.7 Å². The predicted molar refractivity (Wildman–Crippen MR) is 270 cm³/mol. The summed E-state index contributed by atoms with van der Waals surface area (Å²) in [4.78, 5) is 15.1. The molecule has 0 spiro atoms. The molecule has 13 rings (SSSR count). The van der Waals surface area contributed by atoms with Crippen LogP contribution in [0.4, 0.5) is 0 Å². The molecule has 1 aliphatic carbocycles. The minimum absolute atomic E-state index is 0.613. The number of aromatic nitrogens is 8. The quantitative estimate of drug-likeness (QED) is 0.152. The summed E-state index contributed by atoms with van der Waals surface area (Å²) in [6, 6.07) is 71.7. The molecule has 8 heteroatoms. The lowest BCUT2D eigenvalue weighted by molar-refractivity contribution is 0.967. The molecule has 1 aliphatic rings. The van der Waals surface area contributed by atoms with Crippen LogP contribution in [-0.2, 0) is 6.42 Å². The summed E-state index contributed by atoms with van der Waals surface area (Å²) < 4.78 is 6.95. The third kappa shape index (κ3) is 6.49. The Morgan fingerprint density at radius 1 is 0.373 bits per heavy atom. The van der Waals surface area contributed by atoms with Gasteiger partial charge in [0.25, 0.3) is 0 Å². The first-order chi connectivity index (χ1) is 33.2. The van der Waals surface area contributed by atoms with Gasteiger partial charge in [0.1, 0.15) is 0 Å². The molecular weight excluding hydrogens is 821 g/mol. The van der Waals surface area contributed by atoms with Gasteiger partial charge in [-0.15, -0.1) is 10.2 Å². The third-order valence-electron chi connectivity index (χ3n) is 12.9. The molecule has 0 unspecified atom stereocenters. The Labute approximate surface area is 386 Å². The van der Waals surface area contributed by atoms with Gasteiger partial charge < -0.3 is 9.13 Å². The molecule has 0 fully saturated rings. The van der Waals surface area contributed by atoms with Crippen molar-refractivity contribution < 1.29 is 0 Å². The number of fused-ring (bicyclic) bond motifs is 6. The largest absolute Gasteiger partial charge is 0.310 e. The first-order valence-corrected chi connectivity index (χ1v) is 22.7. The molecule has 0 N–H and O–H groups in total. The van der Waals surface area contributed by atoms with Crippen LogP contribution in [0.1, 0.15) is 17.7 Å². The predicted octanol–water partition coefficient (Wildman–Crippen LogP) is 13.8. The van der Waals surface area contributed by atoms with Crippen molar-refractivity contribution in [2.45, 2.75) is 12.8 Å². The van der Waals surface area contributed by atoms with Gasteiger partial charge in [-0.2, -0.15) is 0 Å². The molecule has 0 saturated carbocycles. The zero-order chi connectivity index (χ0) is 44.3. The Morgan fingerprint density at radius 3 is 1.64 bits per heavy atom. The van der Waals surface area contributed by atoms with E-state index in [1.165, 1.54) is 16.3 Å². The number of rotatable bonds is 8. The number of benzene rings is 8. The Balaban J connectivity index is 0.981. The lowest BCUT2D eigenvalue weighted by Gasteiger charge is -2.13. The summed E-state index contributed by atoms with van der Waals surface area (Å²) in [6.07, 6.45) is 6.40. The minimum Gasteiger partial charge on any atom is -0.310 e. The van der Waals surface area contributed by atoms with E-state index < -0.39 is 0 Å². The second-order valence-electron chi connectivity index (χ2n) is 16.9. The fourth-order valence-electron chi connectivity index (χ4n) is 9.91. The first-order valence-electron chi connectivity index (χ1n) is 22.7. The normalized spacial score (nSPS) is 12.3. The molecule has 316 valence electrons. The van der Waals surface area contributed by atoms with Crippen LogP contribution in [0.3, 0.4) is 0 Å². The highest BCUT2D eigenvalue weighted by Gasteiger charge is 2.26. The van der Waals surface area contributed by atoms with Crippen molar-refractivity contribution in [3.8, 4) is 74.0 Å². The van der Waals surface area contributed by atoms with E-state index in [1.807, 2.05) is 60.7 Å². The average Bonchev–Trinajstić information content (AvgIpc) is 4.10. The molecule has 0 bridgehead atoms. The molecule has 8 nitrogen and oxygen atoms in total. The van der Waals surface area contributed by atoms with Crippen LogP contribution in [0.25, 0.3) is 113 Å². The molecule has 0 aliphatic heterocycles.